The predicted octanol–water partition coefficient (Wildman–Crippen LogP) is 6.30. The first kappa shape index (κ1) is 47.7. The number of allylic oxidation sites excluding steroid dienone is 8. The Morgan fingerprint density at radius 1 is 0.814 bits per heavy atom. The molecule has 0 aliphatic carbocycles. The van der Waals surface area contributed by atoms with Gasteiger partial charge in [-0.3, -0.25) is 9.35 Å². The first-order chi connectivity index (χ1) is 28.0. The molecule has 0 saturated carbocycles. The number of carboxylic acids is 1. The first-order valence-electron chi connectivity index (χ1n) is 19.8. The minimum absolute atomic E-state index is 0.0764. The molecule has 2 aliphatic rings. The minimum atomic E-state index is -4.60. The third-order valence-electron chi connectivity index (χ3n) is 10.6. The number of aliphatic carboxylic acids is 1. The highest BCUT2D eigenvalue weighted by Gasteiger charge is 2.45. The quantitative estimate of drug-likeness (QED) is 0.0490. The summed E-state index contributed by atoms with van der Waals surface area (Å²) in [6.45, 7) is 12.1. The van der Waals surface area contributed by atoms with Crippen LogP contribution in [0.15, 0.2) is 94.4 Å². The number of rotatable bonds is 25. The van der Waals surface area contributed by atoms with E-state index in [1.54, 1.807) is 19.2 Å². The average Bonchev–Trinajstić information content (AvgIpc) is 3.54. The van der Waals surface area contributed by atoms with E-state index in [-0.39, 0.29) is 16.2 Å². The standard InChI is InChI=1S/C43H58N2O12S2/c1-6-44-37-20-18-33(58(48,49)50)31-35(37)42(2,3)39(44)15-11-8-7-9-12-16-40-43(4,22-24-55-27-28-57-30-29-56-26-25-54-5)36-32-34(59(51,52)53)19-21-38(36)45(40)23-14-10-13-17-41(46)47/h7-9,11-12,15-16,18-21,31-32H,6,10,13-14,17,22-30H2,1-5H3,(H2-,46,47,48,49,50,51,52,53). The largest absolute Gasteiger partial charge is 0.744 e. The molecule has 14 nitrogen and oxygen atoms in total. The van der Waals surface area contributed by atoms with Gasteiger partial charge in [-0.25, -0.2) is 8.42 Å². The number of methoxy groups -OCH3 is 1. The van der Waals surface area contributed by atoms with E-state index < -0.39 is 37.0 Å². The number of unbranched alkanes of at least 4 members (excludes halogenated alkanes) is 2. The van der Waals surface area contributed by atoms with Gasteiger partial charge in [0.05, 0.1) is 54.8 Å². The Bertz CT molecular complexity index is 2160. The number of fused-ring (bicyclic) bond motifs is 2. The van der Waals surface area contributed by atoms with Crippen molar-refractivity contribution in [3.05, 3.63) is 95.8 Å². The molecule has 2 heterocycles. The molecule has 1 unspecified atom stereocenters. The van der Waals surface area contributed by atoms with Gasteiger partial charge in [-0.1, -0.05) is 36.8 Å². The molecule has 2 aromatic carbocycles. The lowest BCUT2D eigenvalue weighted by molar-refractivity contribution is -0.433. The van der Waals surface area contributed by atoms with Crippen molar-refractivity contribution < 1.29 is 59.4 Å². The minimum Gasteiger partial charge on any atom is -0.744 e. The lowest BCUT2D eigenvalue weighted by Crippen LogP contribution is -2.30. The fraction of sp³-hybridized carbons (Fsp3) is 0.488. The predicted molar refractivity (Wildman–Crippen MR) is 224 cm³/mol. The van der Waals surface area contributed by atoms with Crippen molar-refractivity contribution in [3.8, 4) is 0 Å². The summed E-state index contributed by atoms with van der Waals surface area (Å²) in [6, 6.07) is 9.11. The first-order valence-corrected chi connectivity index (χ1v) is 22.6. The summed E-state index contributed by atoms with van der Waals surface area (Å²) < 4.78 is 93.9. The molecule has 0 bridgehead atoms. The summed E-state index contributed by atoms with van der Waals surface area (Å²) in [5, 5.41) is 9.14. The Labute approximate surface area is 349 Å². The van der Waals surface area contributed by atoms with Gasteiger partial charge in [0, 0.05) is 61.2 Å². The molecule has 2 N–H and O–H groups in total. The van der Waals surface area contributed by atoms with Crippen LogP contribution in [0.1, 0.15) is 70.9 Å². The number of anilines is 1. The van der Waals surface area contributed by atoms with Crippen molar-refractivity contribution in [3.63, 3.8) is 0 Å². The Hall–Kier alpha value is -4.00. The summed E-state index contributed by atoms with van der Waals surface area (Å²) in [4.78, 5) is 12.8. The molecule has 0 saturated heterocycles. The normalized spacial score (nSPS) is 18.6. The van der Waals surface area contributed by atoms with E-state index in [9.17, 15) is 30.7 Å². The summed E-state index contributed by atoms with van der Waals surface area (Å²) >= 11 is 0. The van der Waals surface area contributed by atoms with Crippen molar-refractivity contribution in [2.45, 2.75) is 80.4 Å². The SMILES string of the molecule is CC[N+]1=C(/C=C/C=C/C=C/C=C2/N(CCCCCC(=O)O)c3ccc(S(=O)(=O)O)cc3C2(C)CCOCCOCCOCCOC)C(C)(C)c2cc(S(=O)(=O)[O-])ccc21. The van der Waals surface area contributed by atoms with Gasteiger partial charge in [0.2, 0.25) is 5.69 Å². The zero-order valence-corrected chi connectivity index (χ0v) is 36.2. The lowest BCUT2D eigenvalue weighted by atomic mass is 9.78. The van der Waals surface area contributed by atoms with Crippen LogP contribution in [0.3, 0.4) is 0 Å². The number of hydrogen-bond donors (Lipinski definition) is 2. The molecule has 0 amide bonds. The molecule has 4 rings (SSSR count). The van der Waals surface area contributed by atoms with E-state index >= 15 is 0 Å². The van der Waals surface area contributed by atoms with E-state index in [4.69, 9.17) is 24.1 Å². The summed E-state index contributed by atoms with van der Waals surface area (Å²) in [6.07, 6.45) is 15.9. The molecule has 0 aromatic heterocycles. The van der Waals surface area contributed by atoms with Gasteiger partial charge < -0.3 is 33.5 Å². The number of carbonyl (C=O) groups is 1. The second-order valence-corrected chi connectivity index (χ2v) is 17.8. The van der Waals surface area contributed by atoms with Crippen LogP contribution >= 0.6 is 0 Å². The number of benzene rings is 2. The maximum Gasteiger partial charge on any atom is 0.303 e. The number of hydrogen-bond acceptors (Lipinski definition) is 11. The van der Waals surface area contributed by atoms with Crippen LogP contribution in [-0.4, -0.2) is 114 Å². The van der Waals surface area contributed by atoms with Crippen LogP contribution in [0.4, 0.5) is 11.4 Å². The van der Waals surface area contributed by atoms with Gasteiger partial charge in [0.15, 0.2) is 5.71 Å². The van der Waals surface area contributed by atoms with E-state index in [1.165, 1.54) is 24.3 Å². The van der Waals surface area contributed by atoms with E-state index in [2.05, 4.69) is 9.48 Å². The lowest BCUT2D eigenvalue weighted by Gasteiger charge is -2.30. The van der Waals surface area contributed by atoms with Crippen LogP contribution in [-0.2, 0) is 54.8 Å². The smallest absolute Gasteiger partial charge is 0.303 e. The fourth-order valence-electron chi connectivity index (χ4n) is 7.52. The van der Waals surface area contributed by atoms with Crippen LogP contribution in [0, 0.1) is 0 Å². The molecule has 0 spiro atoms. The number of ether oxygens (including phenoxy) is 4. The van der Waals surface area contributed by atoms with Crippen LogP contribution in [0.25, 0.3) is 0 Å². The Morgan fingerprint density at radius 3 is 2.05 bits per heavy atom. The van der Waals surface area contributed by atoms with Crippen molar-refractivity contribution >= 4 is 43.3 Å². The topological polar surface area (TPSA) is 192 Å². The van der Waals surface area contributed by atoms with Crippen LogP contribution in [0.2, 0.25) is 0 Å². The van der Waals surface area contributed by atoms with Gasteiger partial charge in [-0.05, 0) is 88.9 Å². The third-order valence-corrected chi connectivity index (χ3v) is 12.3. The van der Waals surface area contributed by atoms with Crippen molar-refractivity contribution in [2.75, 3.05) is 71.3 Å². The van der Waals surface area contributed by atoms with E-state index in [0.717, 1.165) is 33.9 Å². The van der Waals surface area contributed by atoms with Crippen LogP contribution < -0.4 is 4.90 Å². The maximum atomic E-state index is 12.3. The maximum absolute atomic E-state index is 12.3. The van der Waals surface area contributed by atoms with Gasteiger partial charge in [0.25, 0.3) is 10.1 Å². The molecule has 16 heteroatoms. The zero-order chi connectivity index (χ0) is 43.3. The second kappa shape index (κ2) is 21.5. The van der Waals surface area contributed by atoms with Gasteiger partial charge in [-0.15, -0.1) is 0 Å². The molecule has 2 aromatic rings. The van der Waals surface area contributed by atoms with E-state index in [0.29, 0.717) is 85.0 Å². The van der Waals surface area contributed by atoms with Crippen molar-refractivity contribution in [1.82, 2.24) is 0 Å². The fourth-order valence-corrected chi connectivity index (χ4v) is 8.52. The third kappa shape index (κ3) is 12.5. The summed E-state index contributed by atoms with van der Waals surface area (Å²) in [5.41, 5.74) is 3.71. The van der Waals surface area contributed by atoms with Crippen molar-refractivity contribution in [1.29, 1.82) is 0 Å². The van der Waals surface area contributed by atoms with Gasteiger partial charge in [-0.2, -0.15) is 13.0 Å². The molecular weight excluding hydrogens is 801 g/mol. The molecule has 0 fully saturated rings. The van der Waals surface area contributed by atoms with Crippen LogP contribution in [0.5, 0.6) is 0 Å². The Morgan fingerprint density at radius 2 is 1.42 bits per heavy atom. The summed E-state index contributed by atoms with van der Waals surface area (Å²) in [7, 11) is -7.48. The summed E-state index contributed by atoms with van der Waals surface area (Å²) in [5.74, 6) is -0.846. The highest BCUT2D eigenvalue weighted by Crippen LogP contribution is 2.51. The zero-order valence-electron chi connectivity index (χ0n) is 34.6. The molecule has 324 valence electrons. The van der Waals surface area contributed by atoms with Gasteiger partial charge >= 0.3 is 5.97 Å². The molecule has 1 atom stereocenters. The second-order valence-electron chi connectivity index (χ2n) is 15.0. The molecular formula is C43H58N2O12S2. The van der Waals surface area contributed by atoms with E-state index in [1.807, 2.05) is 70.2 Å². The van der Waals surface area contributed by atoms with Gasteiger partial charge in [0.1, 0.15) is 16.7 Å². The monoisotopic (exact) mass is 858 g/mol. The highest BCUT2D eigenvalue weighted by atomic mass is 32.2. The molecule has 2 aliphatic heterocycles. The number of carboxylic acid groups (broad SMARTS) is 1. The highest BCUT2D eigenvalue weighted by molar-refractivity contribution is 7.86. The Kier molecular flexibility index (Phi) is 17.4. The Balaban J connectivity index is 1.56. The van der Waals surface area contributed by atoms with Crippen molar-refractivity contribution in [2.24, 2.45) is 0 Å². The molecule has 0 radical (unpaired) electrons. The molecule has 59 heavy (non-hydrogen) atoms. The number of nitrogens with zero attached hydrogens (tertiary/aromatic N) is 2. The average molecular weight is 859 g/mol.